The maximum absolute atomic E-state index is 11.6. The Balaban J connectivity index is 1.76. The van der Waals surface area contributed by atoms with Crippen molar-refractivity contribution in [2.45, 2.75) is 26.2 Å². The number of nitrogens with one attached hydrogen (secondary N) is 3. The zero-order valence-corrected chi connectivity index (χ0v) is 14.7. The third kappa shape index (κ3) is 4.50. The Bertz CT molecular complexity index is 817. The van der Waals surface area contributed by atoms with Crippen LogP contribution in [0.15, 0.2) is 36.5 Å². The van der Waals surface area contributed by atoms with Gasteiger partial charge in [-0.15, -0.1) is 0 Å². The minimum atomic E-state index is -0.507. The van der Waals surface area contributed by atoms with E-state index in [-0.39, 0.29) is 5.91 Å². The highest BCUT2D eigenvalue weighted by Gasteiger charge is 2.18. The minimum Gasteiger partial charge on any atom is -0.384 e. The fraction of sp³-hybridized carbons (Fsp3) is 0.316. The van der Waals surface area contributed by atoms with Crippen LogP contribution in [-0.2, 0) is 4.79 Å². The summed E-state index contributed by atoms with van der Waals surface area (Å²) in [5, 5.41) is 9.25. The highest BCUT2D eigenvalue weighted by Crippen LogP contribution is 2.28. The van der Waals surface area contributed by atoms with Gasteiger partial charge in [-0.3, -0.25) is 9.59 Å². The van der Waals surface area contributed by atoms with Crippen LogP contribution in [0.4, 0.5) is 22.9 Å². The summed E-state index contributed by atoms with van der Waals surface area (Å²) in [6, 6.07) is 9.11. The van der Waals surface area contributed by atoms with Crippen molar-refractivity contribution in [2.75, 3.05) is 22.5 Å². The molecule has 7 nitrogen and oxygen atoms in total. The first kappa shape index (κ1) is 17.7. The van der Waals surface area contributed by atoms with Crippen LogP contribution in [0.5, 0.6) is 0 Å². The van der Waals surface area contributed by atoms with Crippen molar-refractivity contribution < 1.29 is 9.59 Å². The van der Waals surface area contributed by atoms with Crippen LogP contribution in [0.1, 0.15) is 36.5 Å². The van der Waals surface area contributed by atoms with E-state index in [9.17, 15) is 9.59 Å². The van der Waals surface area contributed by atoms with E-state index in [0.29, 0.717) is 28.7 Å². The van der Waals surface area contributed by atoms with E-state index < -0.39 is 5.91 Å². The van der Waals surface area contributed by atoms with Gasteiger partial charge in [-0.25, -0.2) is 4.98 Å². The first-order chi connectivity index (χ1) is 12.5. The number of carbonyl (C=O) groups is 2. The van der Waals surface area contributed by atoms with Gasteiger partial charge in [-0.1, -0.05) is 12.5 Å². The van der Waals surface area contributed by atoms with E-state index in [1.54, 1.807) is 6.07 Å². The van der Waals surface area contributed by atoms with Crippen LogP contribution in [0.25, 0.3) is 0 Å². The Labute approximate surface area is 152 Å². The summed E-state index contributed by atoms with van der Waals surface area (Å²) in [5.74, 6) is 0.599. The number of pyridine rings is 1. The second kappa shape index (κ2) is 7.86. The van der Waals surface area contributed by atoms with Gasteiger partial charge in [-0.2, -0.15) is 0 Å². The number of rotatable bonds is 7. The molecule has 1 heterocycles. The maximum atomic E-state index is 11.6. The average molecular weight is 353 g/mol. The molecule has 3 rings (SSSR count). The molecule has 0 saturated heterocycles. The summed E-state index contributed by atoms with van der Waals surface area (Å²) in [5.41, 5.74) is 7.99. The number of anilines is 4. The number of hydrogen-bond donors (Lipinski definition) is 4. The molecule has 1 aliphatic carbocycles. The van der Waals surface area contributed by atoms with Gasteiger partial charge in [0, 0.05) is 37.1 Å². The van der Waals surface area contributed by atoms with Crippen LogP contribution in [0.3, 0.4) is 0 Å². The van der Waals surface area contributed by atoms with Gasteiger partial charge in [-0.05, 0) is 37.0 Å². The predicted octanol–water partition coefficient (Wildman–Crippen LogP) is 3.09. The number of amides is 2. The molecule has 1 saturated carbocycles. The SMILES string of the molecule is CC(=O)Nc1cccc(Nc2cc(NCC3CCC3)c(C(N)=O)cn2)c1. The number of nitrogens with two attached hydrogens (primary N) is 1. The molecule has 0 bridgehead atoms. The number of nitrogens with zero attached hydrogens (tertiary/aromatic N) is 1. The zero-order valence-electron chi connectivity index (χ0n) is 14.7. The molecule has 0 spiro atoms. The lowest BCUT2D eigenvalue weighted by Crippen LogP contribution is -2.23. The van der Waals surface area contributed by atoms with Crippen molar-refractivity contribution in [1.29, 1.82) is 0 Å². The molecule has 0 aliphatic heterocycles. The van der Waals surface area contributed by atoms with E-state index in [1.165, 1.54) is 32.4 Å². The van der Waals surface area contributed by atoms with Crippen molar-refractivity contribution >= 4 is 34.7 Å². The van der Waals surface area contributed by atoms with Crippen LogP contribution < -0.4 is 21.7 Å². The molecule has 1 aliphatic rings. The lowest BCUT2D eigenvalue weighted by atomic mass is 9.85. The summed E-state index contributed by atoms with van der Waals surface area (Å²) in [6.45, 7) is 2.28. The van der Waals surface area contributed by atoms with Crippen LogP contribution in [0.2, 0.25) is 0 Å². The summed E-state index contributed by atoms with van der Waals surface area (Å²) < 4.78 is 0. The number of primary amides is 1. The fourth-order valence-electron chi connectivity index (χ4n) is 2.84. The van der Waals surface area contributed by atoms with Gasteiger partial charge in [0.05, 0.1) is 11.3 Å². The van der Waals surface area contributed by atoms with Crippen molar-refractivity contribution in [3.63, 3.8) is 0 Å². The molecular formula is C19H23N5O2. The molecule has 0 unspecified atom stereocenters. The minimum absolute atomic E-state index is 0.131. The van der Waals surface area contributed by atoms with Gasteiger partial charge in [0.1, 0.15) is 5.82 Å². The van der Waals surface area contributed by atoms with Crippen molar-refractivity contribution in [2.24, 2.45) is 11.7 Å². The standard InChI is InChI=1S/C19H23N5O2/c1-12(25)23-14-6-3-7-15(8-14)24-18-9-17(16(11-22-18)19(20)26)21-10-13-4-2-5-13/h3,6-9,11,13H,2,4-5,10H2,1H3,(H2,20,26)(H,23,25)(H2,21,22,24). The summed E-state index contributed by atoms with van der Waals surface area (Å²) in [4.78, 5) is 27.1. The monoisotopic (exact) mass is 353 g/mol. The number of benzene rings is 1. The van der Waals surface area contributed by atoms with E-state index in [2.05, 4.69) is 20.9 Å². The van der Waals surface area contributed by atoms with Crippen LogP contribution >= 0.6 is 0 Å². The molecule has 26 heavy (non-hydrogen) atoms. The molecule has 2 aromatic rings. The molecule has 1 fully saturated rings. The first-order valence-electron chi connectivity index (χ1n) is 8.69. The molecule has 1 aromatic heterocycles. The molecular weight excluding hydrogens is 330 g/mol. The molecule has 1 aromatic carbocycles. The first-order valence-corrected chi connectivity index (χ1v) is 8.69. The second-order valence-electron chi connectivity index (χ2n) is 6.54. The summed E-state index contributed by atoms with van der Waals surface area (Å²) >= 11 is 0. The van der Waals surface area contributed by atoms with E-state index in [0.717, 1.165) is 12.2 Å². The van der Waals surface area contributed by atoms with Crippen molar-refractivity contribution in [1.82, 2.24) is 4.98 Å². The van der Waals surface area contributed by atoms with Crippen LogP contribution in [0, 0.1) is 5.92 Å². The number of carbonyl (C=O) groups excluding carboxylic acids is 2. The Kier molecular flexibility index (Phi) is 5.36. The van der Waals surface area contributed by atoms with Gasteiger partial charge in [0.15, 0.2) is 0 Å². The number of hydrogen-bond acceptors (Lipinski definition) is 5. The topological polar surface area (TPSA) is 109 Å². The molecule has 5 N–H and O–H groups in total. The van der Waals surface area contributed by atoms with Crippen LogP contribution in [-0.4, -0.2) is 23.3 Å². The quantitative estimate of drug-likeness (QED) is 0.611. The summed E-state index contributed by atoms with van der Waals surface area (Å²) in [6.07, 6.45) is 5.17. The second-order valence-corrected chi connectivity index (χ2v) is 6.54. The zero-order chi connectivity index (χ0) is 18.5. The average Bonchev–Trinajstić information content (AvgIpc) is 2.53. The van der Waals surface area contributed by atoms with Gasteiger partial charge in [0.2, 0.25) is 5.91 Å². The smallest absolute Gasteiger partial charge is 0.252 e. The van der Waals surface area contributed by atoms with E-state index in [4.69, 9.17) is 5.73 Å². The highest BCUT2D eigenvalue weighted by atomic mass is 16.1. The third-order valence-corrected chi connectivity index (χ3v) is 4.43. The number of aromatic nitrogens is 1. The largest absolute Gasteiger partial charge is 0.384 e. The third-order valence-electron chi connectivity index (χ3n) is 4.43. The molecule has 2 amide bonds. The van der Waals surface area contributed by atoms with Crippen molar-refractivity contribution in [3.8, 4) is 0 Å². The fourth-order valence-corrected chi connectivity index (χ4v) is 2.84. The van der Waals surface area contributed by atoms with E-state index >= 15 is 0 Å². The normalized spacial score (nSPS) is 13.6. The highest BCUT2D eigenvalue weighted by molar-refractivity contribution is 5.98. The Hall–Kier alpha value is -3.09. The predicted molar refractivity (Wildman–Crippen MR) is 103 cm³/mol. The Morgan fingerprint density at radius 2 is 2.00 bits per heavy atom. The molecule has 0 radical (unpaired) electrons. The molecule has 136 valence electrons. The van der Waals surface area contributed by atoms with Gasteiger partial charge >= 0.3 is 0 Å². The maximum Gasteiger partial charge on any atom is 0.252 e. The van der Waals surface area contributed by atoms with Crippen molar-refractivity contribution in [3.05, 3.63) is 42.1 Å². The lowest BCUT2D eigenvalue weighted by molar-refractivity contribution is -0.114. The summed E-state index contributed by atoms with van der Waals surface area (Å²) in [7, 11) is 0. The van der Waals surface area contributed by atoms with Gasteiger partial charge < -0.3 is 21.7 Å². The van der Waals surface area contributed by atoms with E-state index in [1.807, 2.05) is 24.3 Å². The lowest BCUT2D eigenvalue weighted by Gasteiger charge is -2.26. The molecule has 7 heteroatoms. The Morgan fingerprint density at radius 3 is 2.65 bits per heavy atom. The Morgan fingerprint density at radius 1 is 1.23 bits per heavy atom. The van der Waals surface area contributed by atoms with Gasteiger partial charge in [0.25, 0.3) is 5.91 Å². The molecule has 0 atom stereocenters.